The summed E-state index contributed by atoms with van der Waals surface area (Å²) in [5.74, 6) is 1.64. The highest BCUT2D eigenvalue weighted by Gasteiger charge is 2.19. The standard InChI is InChI=1S/C19H24N2O/c1-15-6-5-11-21(13-15)18-12-17(20)9-10-19(18)22-14-16-7-3-2-4-8-16/h2-4,7-10,12,15H,5-6,11,13-14,20H2,1H3. The molecule has 0 aliphatic carbocycles. The van der Waals surface area contributed by atoms with E-state index in [1.165, 1.54) is 18.4 Å². The summed E-state index contributed by atoms with van der Waals surface area (Å²) in [6.07, 6.45) is 2.53. The number of nitrogen functional groups attached to an aromatic ring is 1. The molecule has 0 aromatic heterocycles. The van der Waals surface area contributed by atoms with Gasteiger partial charge in [-0.15, -0.1) is 0 Å². The van der Waals surface area contributed by atoms with Crippen LogP contribution in [0.1, 0.15) is 25.3 Å². The molecule has 2 aromatic carbocycles. The first-order chi connectivity index (χ1) is 10.7. The van der Waals surface area contributed by atoms with Crippen LogP contribution >= 0.6 is 0 Å². The van der Waals surface area contributed by atoms with Gasteiger partial charge in [0.1, 0.15) is 12.4 Å². The molecule has 116 valence electrons. The van der Waals surface area contributed by atoms with E-state index in [4.69, 9.17) is 10.5 Å². The van der Waals surface area contributed by atoms with Crippen molar-refractivity contribution in [2.24, 2.45) is 5.92 Å². The average molecular weight is 296 g/mol. The number of nitrogens with zero attached hydrogens (tertiary/aromatic N) is 1. The molecule has 1 saturated heterocycles. The molecule has 1 fully saturated rings. The van der Waals surface area contributed by atoms with Gasteiger partial charge in [0.25, 0.3) is 0 Å². The fourth-order valence-corrected chi connectivity index (χ4v) is 3.05. The Kier molecular flexibility index (Phi) is 4.52. The Bertz CT molecular complexity index is 612. The second-order valence-electron chi connectivity index (χ2n) is 6.19. The summed E-state index contributed by atoms with van der Waals surface area (Å²) < 4.78 is 6.07. The lowest BCUT2D eigenvalue weighted by molar-refractivity contribution is 0.305. The number of hydrogen-bond donors (Lipinski definition) is 1. The third-order valence-corrected chi connectivity index (χ3v) is 4.22. The highest BCUT2D eigenvalue weighted by atomic mass is 16.5. The van der Waals surface area contributed by atoms with Crippen molar-refractivity contribution in [2.75, 3.05) is 23.7 Å². The minimum atomic E-state index is 0.584. The zero-order valence-electron chi connectivity index (χ0n) is 13.2. The molecule has 0 spiro atoms. The van der Waals surface area contributed by atoms with Gasteiger partial charge in [-0.1, -0.05) is 37.3 Å². The maximum Gasteiger partial charge on any atom is 0.143 e. The van der Waals surface area contributed by atoms with Gasteiger partial charge in [-0.3, -0.25) is 0 Å². The minimum absolute atomic E-state index is 0.584. The van der Waals surface area contributed by atoms with E-state index in [9.17, 15) is 0 Å². The molecule has 1 heterocycles. The van der Waals surface area contributed by atoms with Crippen LogP contribution in [0.5, 0.6) is 5.75 Å². The molecule has 3 heteroatoms. The van der Waals surface area contributed by atoms with Crippen molar-refractivity contribution in [1.82, 2.24) is 0 Å². The Hall–Kier alpha value is -2.16. The van der Waals surface area contributed by atoms with E-state index in [1.807, 2.05) is 36.4 Å². The highest BCUT2D eigenvalue weighted by Crippen LogP contribution is 2.34. The molecule has 0 radical (unpaired) electrons. The molecule has 22 heavy (non-hydrogen) atoms. The normalized spacial score (nSPS) is 18.2. The molecule has 3 rings (SSSR count). The molecule has 1 unspecified atom stereocenters. The van der Waals surface area contributed by atoms with Crippen LogP contribution in [0.15, 0.2) is 48.5 Å². The maximum absolute atomic E-state index is 6.07. The molecule has 0 amide bonds. The van der Waals surface area contributed by atoms with E-state index in [0.717, 1.165) is 36.1 Å². The van der Waals surface area contributed by atoms with Crippen molar-refractivity contribution in [3.05, 3.63) is 54.1 Å². The topological polar surface area (TPSA) is 38.5 Å². The fourth-order valence-electron chi connectivity index (χ4n) is 3.05. The minimum Gasteiger partial charge on any atom is -0.487 e. The fraction of sp³-hybridized carbons (Fsp3) is 0.368. The van der Waals surface area contributed by atoms with Crippen molar-refractivity contribution in [1.29, 1.82) is 0 Å². The summed E-state index contributed by atoms with van der Waals surface area (Å²) in [4.78, 5) is 2.41. The van der Waals surface area contributed by atoms with Crippen LogP contribution in [0.4, 0.5) is 11.4 Å². The van der Waals surface area contributed by atoms with Gasteiger partial charge in [-0.2, -0.15) is 0 Å². The van der Waals surface area contributed by atoms with Crippen molar-refractivity contribution in [3.63, 3.8) is 0 Å². The summed E-state index contributed by atoms with van der Waals surface area (Å²) in [5, 5.41) is 0. The first kappa shape index (κ1) is 14.8. The predicted molar refractivity (Wildman–Crippen MR) is 92.2 cm³/mol. The molecule has 2 N–H and O–H groups in total. The smallest absolute Gasteiger partial charge is 0.143 e. The Morgan fingerprint density at radius 3 is 2.77 bits per heavy atom. The van der Waals surface area contributed by atoms with Crippen molar-refractivity contribution in [2.45, 2.75) is 26.4 Å². The van der Waals surface area contributed by atoms with Crippen LogP contribution in [0.25, 0.3) is 0 Å². The van der Waals surface area contributed by atoms with Gasteiger partial charge in [-0.05, 0) is 42.5 Å². The third kappa shape index (κ3) is 3.53. The van der Waals surface area contributed by atoms with Gasteiger partial charge in [0.15, 0.2) is 0 Å². The van der Waals surface area contributed by atoms with E-state index >= 15 is 0 Å². The lowest BCUT2D eigenvalue weighted by atomic mass is 9.99. The average Bonchev–Trinajstić information content (AvgIpc) is 2.54. The summed E-state index contributed by atoms with van der Waals surface area (Å²) in [5.41, 5.74) is 9.09. The SMILES string of the molecule is CC1CCCN(c2cc(N)ccc2OCc2ccccc2)C1. The first-order valence-corrected chi connectivity index (χ1v) is 8.03. The largest absolute Gasteiger partial charge is 0.487 e. The Labute approximate surface area is 132 Å². The van der Waals surface area contributed by atoms with Crippen molar-refractivity contribution >= 4 is 11.4 Å². The zero-order valence-corrected chi connectivity index (χ0v) is 13.2. The van der Waals surface area contributed by atoms with Gasteiger partial charge < -0.3 is 15.4 Å². The van der Waals surface area contributed by atoms with E-state index in [1.54, 1.807) is 0 Å². The second kappa shape index (κ2) is 6.73. The van der Waals surface area contributed by atoms with Crippen molar-refractivity contribution in [3.8, 4) is 5.75 Å². The quantitative estimate of drug-likeness (QED) is 0.864. The third-order valence-electron chi connectivity index (χ3n) is 4.22. The second-order valence-corrected chi connectivity index (χ2v) is 6.19. The lowest BCUT2D eigenvalue weighted by Gasteiger charge is -2.34. The van der Waals surface area contributed by atoms with Crippen LogP contribution in [-0.2, 0) is 6.61 Å². The number of ether oxygens (including phenoxy) is 1. The number of piperidine rings is 1. The summed E-state index contributed by atoms with van der Waals surface area (Å²) in [7, 11) is 0. The van der Waals surface area contributed by atoms with Gasteiger partial charge in [0.05, 0.1) is 5.69 Å². The molecule has 3 nitrogen and oxygen atoms in total. The highest BCUT2D eigenvalue weighted by molar-refractivity contribution is 5.65. The van der Waals surface area contributed by atoms with E-state index in [2.05, 4.69) is 24.0 Å². The molecular weight excluding hydrogens is 272 g/mol. The van der Waals surface area contributed by atoms with E-state index in [0.29, 0.717) is 6.61 Å². The Morgan fingerprint density at radius 1 is 1.18 bits per heavy atom. The maximum atomic E-state index is 6.07. The van der Waals surface area contributed by atoms with Gasteiger partial charge in [-0.25, -0.2) is 0 Å². The lowest BCUT2D eigenvalue weighted by Crippen LogP contribution is -2.34. The van der Waals surface area contributed by atoms with Crippen LogP contribution in [0, 0.1) is 5.92 Å². The molecule has 1 aliphatic heterocycles. The van der Waals surface area contributed by atoms with Gasteiger partial charge in [0.2, 0.25) is 0 Å². The monoisotopic (exact) mass is 296 g/mol. The van der Waals surface area contributed by atoms with Gasteiger partial charge >= 0.3 is 0 Å². The van der Waals surface area contributed by atoms with Gasteiger partial charge in [0, 0.05) is 18.8 Å². The van der Waals surface area contributed by atoms with E-state index in [-0.39, 0.29) is 0 Å². The van der Waals surface area contributed by atoms with Crippen LogP contribution in [-0.4, -0.2) is 13.1 Å². The first-order valence-electron chi connectivity index (χ1n) is 8.03. The summed E-state index contributed by atoms with van der Waals surface area (Å²) in [6, 6.07) is 16.2. The van der Waals surface area contributed by atoms with Crippen LogP contribution in [0.2, 0.25) is 0 Å². The van der Waals surface area contributed by atoms with Crippen LogP contribution in [0.3, 0.4) is 0 Å². The zero-order chi connectivity index (χ0) is 15.4. The molecule has 2 aromatic rings. The molecular formula is C19H24N2O. The molecule has 1 atom stereocenters. The number of nitrogens with two attached hydrogens (primary N) is 1. The molecule has 0 bridgehead atoms. The summed E-state index contributed by atoms with van der Waals surface area (Å²) in [6.45, 7) is 5.05. The number of rotatable bonds is 4. The summed E-state index contributed by atoms with van der Waals surface area (Å²) >= 11 is 0. The number of hydrogen-bond acceptors (Lipinski definition) is 3. The van der Waals surface area contributed by atoms with Crippen molar-refractivity contribution < 1.29 is 4.74 Å². The van der Waals surface area contributed by atoms with Crippen LogP contribution < -0.4 is 15.4 Å². The number of benzene rings is 2. The Balaban J connectivity index is 1.78. The number of anilines is 2. The molecule has 1 aliphatic rings. The van der Waals surface area contributed by atoms with E-state index < -0.39 is 0 Å². The molecule has 0 saturated carbocycles. The Morgan fingerprint density at radius 2 is 2.00 bits per heavy atom. The predicted octanol–water partition coefficient (Wildman–Crippen LogP) is 4.08.